The maximum absolute atomic E-state index is 13.3. The molecule has 0 spiro atoms. The van der Waals surface area contributed by atoms with Gasteiger partial charge in [-0.15, -0.1) is 0 Å². The summed E-state index contributed by atoms with van der Waals surface area (Å²) in [5.41, 5.74) is 2.69. The van der Waals surface area contributed by atoms with Crippen molar-refractivity contribution in [3.63, 3.8) is 0 Å². The number of carbonyl (C=O) groups is 2. The third-order valence-corrected chi connectivity index (χ3v) is 5.69. The van der Waals surface area contributed by atoms with Crippen molar-refractivity contribution in [1.82, 2.24) is 15.1 Å². The summed E-state index contributed by atoms with van der Waals surface area (Å²) in [6.07, 6.45) is 1.54. The fourth-order valence-corrected chi connectivity index (χ4v) is 4.22. The van der Waals surface area contributed by atoms with Crippen LogP contribution in [0.1, 0.15) is 40.4 Å². The van der Waals surface area contributed by atoms with Crippen LogP contribution in [0, 0.1) is 0 Å². The lowest BCUT2D eigenvalue weighted by Gasteiger charge is -2.36. The number of halogens is 1. The van der Waals surface area contributed by atoms with Crippen LogP contribution in [-0.2, 0) is 11.3 Å². The molecule has 2 amide bonds. The van der Waals surface area contributed by atoms with Gasteiger partial charge in [-0.3, -0.25) is 9.59 Å². The highest BCUT2D eigenvalue weighted by atomic mass is 35.5. The zero-order chi connectivity index (χ0) is 19.5. The van der Waals surface area contributed by atoms with Gasteiger partial charge in [0, 0.05) is 49.7 Å². The summed E-state index contributed by atoms with van der Waals surface area (Å²) in [4.78, 5) is 29.0. The Labute approximate surface area is 170 Å². The van der Waals surface area contributed by atoms with Gasteiger partial charge in [0.05, 0.1) is 6.04 Å². The van der Waals surface area contributed by atoms with E-state index in [0.717, 1.165) is 30.6 Å². The van der Waals surface area contributed by atoms with Gasteiger partial charge >= 0.3 is 0 Å². The summed E-state index contributed by atoms with van der Waals surface area (Å²) >= 11 is 6.17. The van der Waals surface area contributed by atoms with E-state index in [1.165, 1.54) is 0 Å². The van der Waals surface area contributed by atoms with Gasteiger partial charge < -0.3 is 15.1 Å². The van der Waals surface area contributed by atoms with Gasteiger partial charge in [0.1, 0.15) is 0 Å². The van der Waals surface area contributed by atoms with Crippen LogP contribution in [0.4, 0.5) is 0 Å². The molecule has 2 saturated heterocycles. The number of hydrogen-bond acceptors (Lipinski definition) is 3. The monoisotopic (exact) mass is 397 g/mol. The van der Waals surface area contributed by atoms with E-state index in [0.29, 0.717) is 36.6 Å². The minimum Gasteiger partial charge on any atom is -0.338 e. The van der Waals surface area contributed by atoms with Gasteiger partial charge in [-0.05, 0) is 41.8 Å². The fourth-order valence-electron chi connectivity index (χ4n) is 4.02. The number of amides is 2. The minimum atomic E-state index is -0.0521. The number of carbonyl (C=O) groups excluding carboxylic acids is 2. The van der Waals surface area contributed by atoms with Crippen LogP contribution in [-0.4, -0.2) is 47.8 Å². The predicted octanol–water partition coefficient (Wildman–Crippen LogP) is 3.25. The molecule has 2 fully saturated rings. The lowest BCUT2D eigenvalue weighted by Crippen LogP contribution is -2.48. The average Bonchev–Trinajstić information content (AvgIpc) is 3.12. The molecule has 2 aliphatic rings. The van der Waals surface area contributed by atoms with Gasteiger partial charge in [-0.2, -0.15) is 0 Å². The summed E-state index contributed by atoms with van der Waals surface area (Å²) in [5.74, 6) is 0.209. The Morgan fingerprint density at radius 1 is 1.14 bits per heavy atom. The second-order valence-electron chi connectivity index (χ2n) is 7.39. The number of piperazine rings is 1. The van der Waals surface area contributed by atoms with Crippen molar-refractivity contribution in [2.24, 2.45) is 0 Å². The topological polar surface area (TPSA) is 52.7 Å². The lowest BCUT2D eigenvalue weighted by molar-refractivity contribution is -0.128. The zero-order valence-corrected chi connectivity index (χ0v) is 16.5. The van der Waals surface area contributed by atoms with Crippen molar-refractivity contribution in [3.8, 4) is 0 Å². The van der Waals surface area contributed by atoms with Crippen LogP contribution >= 0.6 is 11.6 Å². The summed E-state index contributed by atoms with van der Waals surface area (Å²) < 4.78 is 0. The average molecular weight is 398 g/mol. The van der Waals surface area contributed by atoms with Gasteiger partial charge in [0.15, 0.2) is 0 Å². The van der Waals surface area contributed by atoms with E-state index in [-0.39, 0.29) is 17.9 Å². The molecule has 2 aromatic carbocycles. The third kappa shape index (κ3) is 4.05. The number of benzene rings is 2. The molecule has 0 bridgehead atoms. The highest BCUT2D eigenvalue weighted by molar-refractivity contribution is 6.30. The highest BCUT2D eigenvalue weighted by Crippen LogP contribution is 2.26. The Morgan fingerprint density at radius 2 is 2.00 bits per heavy atom. The van der Waals surface area contributed by atoms with Crippen molar-refractivity contribution >= 4 is 23.4 Å². The van der Waals surface area contributed by atoms with Gasteiger partial charge in [0.25, 0.3) is 5.91 Å². The molecule has 146 valence electrons. The summed E-state index contributed by atoms with van der Waals surface area (Å²) in [6.45, 7) is 3.48. The smallest absolute Gasteiger partial charge is 0.254 e. The van der Waals surface area contributed by atoms with Crippen molar-refractivity contribution in [1.29, 1.82) is 0 Å². The Hall–Kier alpha value is -2.37. The standard InChI is InChI=1S/C22H24ClN3O2/c23-19-7-2-5-17(13-19)20-14-24-9-11-26(20)22(28)18-6-1-4-16(12-18)15-25-10-3-8-21(25)27/h1-2,4-7,12-13,20,24H,3,8-11,14-15H2. The number of nitrogens with one attached hydrogen (secondary N) is 1. The Morgan fingerprint density at radius 3 is 2.79 bits per heavy atom. The van der Waals surface area contributed by atoms with E-state index in [4.69, 9.17) is 11.6 Å². The molecule has 5 nitrogen and oxygen atoms in total. The Bertz CT molecular complexity index is 886. The summed E-state index contributed by atoms with van der Waals surface area (Å²) in [6, 6.07) is 15.3. The molecule has 2 aromatic rings. The first-order valence-corrected chi connectivity index (χ1v) is 10.1. The number of likely N-dealkylation sites (tertiary alicyclic amines) is 1. The molecule has 1 unspecified atom stereocenters. The van der Waals surface area contributed by atoms with Crippen LogP contribution in [0.2, 0.25) is 5.02 Å². The molecule has 4 rings (SSSR count). The second kappa shape index (κ2) is 8.33. The zero-order valence-electron chi connectivity index (χ0n) is 15.7. The number of hydrogen-bond donors (Lipinski definition) is 1. The minimum absolute atomic E-state index is 0.0149. The van der Waals surface area contributed by atoms with Crippen LogP contribution in [0.3, 0.4) is 0 Å². The van der Waals surface area contributed by atoms with E-state index >= 15 is 0 Å². The molecular formula is C22H24ClN3O2. The van der Waals surface area contributed by atoms with Gasteiger partial charge in [-0.1, -0.05) is 35.9 Å². The lowest BCUT2D eigenvalue weighted by atomic mass is 10.0. The fraction of sp³-hybridized carbons (Fsp3) is 0.364. The molecule has 1 N–H and O–H groups in total. The van der Waals surface area contributed by atoms with Crippen molar-refractivity contribution < 1.29 is 9.59 Å². The molecule has 28 heavy (non-hydrogen) atoms. The van der Waals surface area contributed by atoms with E-state index in [1.54, 1.807) is 0 Å². The molecule has 2 heterocycles. The van der Waals surface area contributed by atoms with Crippen molar-refractivity contribution in [2.45, 2.75) is 25.4 Å². The van der Waals surface area contributed by atoms with E-state index in [2.05, 4.69) is 5.32 Å². The van der Waals surface area contributed by atoms with E-state index < -0.39 is 0 Å². The third-order valence-electron chi connectivity index (χ3n) is 5.46. The van der Waals surface area contributed by atoms with Crippen LogP contribution < -0.4 is 5.32 Å². The Kier molecular flexibility index (Phi) is 5.64. The van der Waals surface area contributed by atoms with E-state index in [9.17, 15) is 9.59 Å². The first-order valence-electron chi connectivity index (χ1n) is 9.76. The molecule has 0 aliphatic carbocycles. The first-order chi connectivity index (χ1) is 13.6. The van der Waals surface area contributed by atoms with Crippen molar-refractivity contribution in [2.75, 3.05) is 26.2 Å². The molecule has 0 saturated carbocycles. The number of nitrogens with zero attached hydrogens (tertiary/aromatic N) is 2. The maximum Gasteiger partial charge on any atom is 0.254 e. The van der Waals surface area contributed by atoms with Crippen LogP contribution in [0.5, 0.6) is 0 Å². The van der Waals surface area contributed by atoms with E-state index in [1.807, 2.05) is 58.3 Å². The van der Waals surface area contributed by atoms with Crippen LogP contribution in [0.25, 0.3) is 0 Å². The molecule has 6 heteroatoms. The summed E-state index contributed by atoms with van der Waals surface area (Å²) in [5, 5.41) is 4.05. The SMILES string of the molecule is O=C1CCCN1Cc1cccc(C(=O)N2CCNCC2c2cccc(Cl)c2)c1. The van der Waals surface area contributed by atoms with Crippen LogP contribution in [0.15, 0.2) is 48.5 Å². The molecular weight excluding hydrogens is 374 g/mol. The molecule has 2 aliphatic heterocycles. The quantitative estimate of drug-likeness (QED) is 0.861. The summed E-state index contributed by atoms with van der Waals surface area (Å²) in [7, 11) is 0. The predicted molar refractivity (Wildman–Crippen MR) is 109 cm³/mol. The molecule has 0 aromatic heterocycles. The first kappa shape index (κ1) is 19.0. The second-order valence-corrected chi connectivity index (χ2v) is 7.83. The normalized spacial score (nSPS) is 19.9. The molecule has 1 atom stereocenters. The number of rotatable bonds is 4. The highest BCUT2D eigenvalue weighted by Gasteiger charge is 2.29. The largest absolute Gasteiger partial charge is 0.338 e. The van der Waals surface area contributed by atoms with Gasteiger partial charge in [0.2, 0.25) is 5.91 Å². The maximum atomic E-state index is 13.3. The molecule has 0 radical (unpaired) electrons. The van der Waals surface area contributed by atoms with Gasteiger partial charge in [-0.25, -0.2) is 0 Å². The Balaban J connectivity index is 1.55. The van der Waals surface area contributed by atoms with Crippen molar-refractivity contribution in [3.05, 3.63) is 70.2 Å².